The van der Waals surface area contributed by atoms with E-state index in [4.69, 9.17) is 16.6 Å². The van der Waals surface area contributed by atoms with Gasteiger partial charge in [0.15, 0.2) is 17.3 Å². The number of aromatic nitrogens is 6. The van der Waals surface area contributed by atoms with Crippen molar-refractivity contribution in [3.8, 4) is 17.1 Å². The molecule has 1 saturated heterocycles. The number of alkyl halides is 3. The van der Waals surface area contributed by atoms with Gasteiger partial charge in [-0.05, 0) is 68.5 Å². The van der Waals surface area contributed by atoms with Crippen LogP contribution in [0.15, 0.2) is 47.5 Å². The molecule has 0 spiro atoms. The minimum absolute atomic E-state index is 0.0353. The van der Waals surface area contributed by atoms with Crippen LogP contribution in [0.25, 0.3) is 17.2 Å². The predicted molar refractivity (Wildman–Crippen MR) is 192 cm³/mol. The molecule has 282 valence electrons. The van der Waals surface area contributed by atoms with Crippen LogP contribution in [0, 0.1) is 6.92 Å². The first-order chi connectivity index (χ1) is 25.6. The number of amides is 2. The zero-order valence-corrected chi connectivity index (χ0v) is 30.2. The van der Waals surface area contributed by atoms with Gasteiger partial charge in [-0.15, -0.1) is 5.10 Å². The van der Waals surface area contributed by atoms with Crippen LogP contribution >= 0.6 is 11.6 Å². The third-order valence-electron chi connectivity index (χ3n) is 9.95. The molecule has 1 aliphatic carbocycles. The quantitative estimate of drug-likeness (QED) is 0.217. The van der Waals surface area contributed by atoms with E-state index in [1.165, 1.54) is 15.8 Å². The summed E-state index contributed by atoms with van der Waals surface area (Å²) in [5.74, 6) is -1.19. The molecule has 3 aromatic heterocycles. The van der Waals surface area contributed by atoms with Gasteiger partial charge in [0.1, 0.15) is 18.6 Å². The smallest absolute Gasteiger partial charge is 0.416 e. The van der Waals surface area contributed by atoms with E-state index in [2.05, 4.69) is 20.4 Å². The first kappa shape index (κ1) is 36.8. The molecule has 4 heterocycles. The number of anilines is 2. The third kappa shape index (κ3) is 6.61. The van der Waals surface area contributed by atoms with Crippen molar-refractivity contribution in [3.05, 3.63) is 91.9 Å². The van der Waals surface area contributed by atoms with E-state index < -0.39 is 41.3 Å². The van der Waals surface area contributed by atoms with Crippen molar-refractivity contribution in [3.63, 3.8) is 0 Å². The van der Waals surface area contributed by atoms with E-state index in [-0.39, 0.29) is 77.7 Å². The van der Waals surface area contributed by atoms with Crippen LogP contribution in [0.5, 0.6) is 5.75 Å². The second-order valence-corrected chi connectivity index (χ2v) is 13.9. The maximum Gasteiger partial charge on any atom is 0.416 e. The average molecular weight is 766 g/mol. The summed E-state index contributed by atoms with van der Waals surface area (Å²) in [7, 11) is 0. The molecular formula is C36H35ClF3N9O5. The number of carbonyl (C=O) groups is 2. The number of aromatic hydroxyl groups is 1. The fourth-order valence-corrected chi connectivity index (χ4v) is 7.29. The SMILES string of the molecule is CCc1c(N2CCN(C(=O)c3ncnc(C)c3O)CC2)c(=O)n2nc(-c3ccc4c(c3)CCC4(C)O)nc2n1CC(=O)Nc1ccc(C(F)(F)F)cc1Cl. The van der Waals surface area contributed by atoms with Gasteiger partial charge in [-0.3, -0.25) is 14.4 Å². The largest absolute Gasteiger partial charge is 0.504 e. The topological polar surface area (TPSA) is 171 Å². The molecule has 0 radical (unpaired) electrons. The van der Waals surface area contributed by atoms with E-state index >= 15 is 0 Å². The number of halogens is 4. The lowest BCUT2D eigenvalue weighted by atomic mass is 9.97. The minimum Gasteiger partial charge on any atom is -0.504 e. The maximum atomic E-state index is 14.4. The first-order valence-electron chi connectivity index (χ1n) is 17.2. The summed E-state index contributed by atoms with van der Waals surface area (Å²) >= 11 is 6.14. The van der Waals surface area contributed by atoms with Gasteiger partial charge >= 0.3 is 6.18 Å². The van der Waals surface area contributed by atoms with Gasteiger partial charge in [0.05, 0.1) is 33.3 Å². The molecule has 2 aromatic carbocycles. The van der Waals surface area contributed by atoms with Crippen molar-refractivity contribution in [2.24, 2.45) is 0 Å². The van der Waals surface area contributed by atoms with Gasteiger partial charge in [0.2, 0.25) is 11.7 Å². The molecule has 2 amide bonds. The Morgan fingerprint density at radius 3 is 2.50 bits per heavy atom. The molecule has 5 aromatic rings. The van der Waals surface area contributed by atoms with Gasteiger partial charge in [-0.1, -0.05) is 30.7 Å². The Morgan fingerprint density at radius 1 is 1.07 bits per heavy atom. The molecule has 54 heavy (non-hydrogen) atoms. The fraction of sp³-hybridized carbons (Fsp3) is 0.361. The monoisotopic (exact) mass is 765 g/mol. The van der Waals surface area contributed by atoms with Gasteiger partial charge in [-0.25, -0.2) is 9.97 Å². The molecule has 1 aliphatic heterocycles. The lowest BCUT2D eigenvalue weighted by Gasteiger charge is -2.36. The molecular weight excluding hydrogens is 731 g/mol. The number of piperazine rings is 1. The van der Waals surface area contributed by atoms with Crippen LogP contribution in [-0.2, 0) is 36.0 Å². The number of hydrogen-bond acceptors (Lipinski definition) is 10. The summed E-state index contributed by atoms with van der Waals surface area (Å²) in [5.41, 5.74) is 0.646. The Bertz CT molecular complexity index is 2390. The molecule has 0 saturated carbocycles. The number of nitrogens with zero attached hydrogens (tertiary/aromatic N) is 8. The second kappa shape index (κ2) is 13.7. The highest BCUT2D eigenvalue weighted by molar-refractivity contribution is 6.33. The van der Waals surface area contributed by atoms with E-state index in [0.717, 1.165) is 33.8 Å². The van der Waals surface area contributed by atoms with Crippen molar-refractivity contribution >= 4 is 40.6 Å². The molecule has 0 bridgehead atoms. The normalized spacial score (nSPS) is 17.3. The summed E-state index contributed by atoms with van der Waals surface area (Å²) in [6.07, 6.45) is -1.98. The van der Waals surface area contributed by atoms with Crippen molar-refractivity contribution in [1.82, 2.24) is 34.0 Å². The highest BCUT2D eigenvalue weighted by Gasteiger charge is 2.34. The highest BCUT2D eigenvalue weighted by atomic mass is 35.5. The van der Waals surface area contributed by atoms with Crippen LogP contribution in [0.2, 0.25) is 5.02 Å². The second-order valence-electron chi connectivity index (χ2n) is 13.5. The Hall–Kier alpha value is -5.55. The van der Waals surface area contributed by atoms with E-state index in [0.29, 0.717) is 24.1 Å². The summed E-state index contributed by atoms with van der Waals surface area (Å²) in [4.78, 5) is 57.2. The van der Waals surface area contributed by atoms with Crippen molar-refractivity contribution in [1.29, 1.82) is 0 Å². The zero-order chi connectivity index (χ0) is 38.7. The van der Waals surface area contributed by atoms with Crippen molar-refractivity contribution in [2.45, 2.75) is 58.4 Å². The van der Waals surface area contributed by atoms with Crippen LogP contribution in [-0.4, -0.2) is 82.2 Å². The Kier molecular flexibility index (Phi) is 9.33. The van der Waals surface area contributed by atoms with Gasteiger partial charge in [0.25, 0.3) is 11.5 Å². The minimum atomic E-state index is -4.63. The molecule has 7 rings (SSSR count). The number of hydrogen-bond donors (Lipinski definition) is 3. The van der Waals surface area contributed by atoms with E-state index in [1.807, 2.05) is 12.1 Å². The van der Waals surface area contributed by atoms with Crippen molar-refractivity contribution in [2.75, 3.05) is 36.4 Å². The van der Waals surface area contributed by atoms with E-state index in [1.54, 1.807) is 31.7 Å². The van der Waals surface area contributed by atoms with Crippen LogP contribution in [0.3, 0.4) is 0 Å². The van der Waals surface area contributed by atoms with E-state index in [9.17, 15) is 37.8 Å². The number of fused-ring (bicyclic) bond motifs is 2. The summed E-state index contributed by atoms with van der Waals surface area (Å²) in [5, 5.41) is 28.0. The lowest BCUT2D eigenvalue weighted by Crippen LogP contribution is -2.51. The predicted octanol–water partition coefficient (Wildman–Crippen LogP) is 4.35. The fourth-order valence-electron chi connectivity index (χ4n) is 7.06. The van der Waals surface area contributed by atoms with Gasteiger partial charge in [-0.2, -0.15) is 22.7 Å². The highest BCUT2D eigenvalue weighted by Crippen LogP contribution is 2.38. The average Bonchev–Trinajstić information content (AvgIpc) is 3.72. The number of rotatable bonds is 7. The summed E-state index contributed by atoms with van der Waals surface area (Å²) < 4.78 is 42.4. The molecule has 3 N–H and O–H groups in total. The van der Waals surface area contributed by atoms with Gasteiger partial charge in [0, 0.05) is 31.7 Å². The van der Waals surface area contributed by atoms with Crippen LogP contribution in [0.1, 0.15) is 58.8 Å². The third-order valence-corrected chi connectivity index (χ3v) is 10.3. The number of nitrogens with one attached hydrogen (secondary N) is 1. The van der Waals surface area contributed by atoms with Gasteiger partial charge < -0.3 is 29.9 Å². The number of aryl methyl sites for hydroxylation is 2. The molecule has 14 nitrogen and oxygen atoms in total. The van der Waals surface area contributed by atoms with Crippen molar-refractivity contribution < 1.29 is 33.0 Å². The zero-order valence-electron chi connectivity index (χ0n) is 29.4. The Labute approximate surface area is 310 Å². The van der Waals surface area contributed by atoms with Crippen LogP contribution < -0.4 is 15.8 Å². The standard InChI is InChI=1S/C36H35ClF3N9O5/c1-4-26-29(46-11-13-47(14-12-46)32(52)28-30(51)19(2)41-18-42-28)33(53)49-34(44-31(45-49)21-5-7-23-20(15-21)9-10-35(23,3)54)48(26)17-27(50)43-25-8-6-22(16-24(25)37)36(38,39)40/h5-8,15-16,18,51,54H,4,9-14,17H2,1-3H3,(H,43,50). The summed E-state index contributed by atoms with van der Waals surface area (Å²) in [6, 6.07) is 8.05. The number of carbonyl (C=O) groups excluding carboxylic acids is 2. The number of aliphatic hydroxyl groups is 1. The first-order valence-corrected chi connectivity index (χ1v) is 17.5. The molecule has 18 heteroatoms. The molecule has 1 atom stereocenters. The molecule has 1 unspecified atom stereocenters. The Morgan fingerprint density at radius 2 is 1.81 bits per heavy atom. The summed E-state index contributed by atoms with van der Waals surface area (Å²) in [6.45, 7) is 5.48. The maximum absolute atomic E-state index is 14.4. The van der Waals surface area contributed by atoms with Crippen LogP contribution in [0.4, 0.5) is 24.5 Å². The lowest BCUT2D eigenvalue weighted by molar-refractivity contribution is -0.137. The molecule has 1 fully saturated rings. The Balaban J connectivity index is 1.26. The number of benzene rings is 2. The molecule has 2 aliphatic rings.